The van der Waals surface area contributed by atoms with Crippen LogP contribution < -0.4 is 5.73 Å². The molecule has 0 amide bonds. The first kappa shape index (κ1) is 57.7. The van der Waals surface area contributed by atoms with Gasteiger partial charge in [-0.05, 0) is 64.2 Å². The fourth-order valence-corrected chi connectivity index (χ4v) is 7.35. The van der Waals surface area contributed by atoms with Crippen LogP contribution >= 0.6 is 7.82 Å². The topological polar surface area (TPSA) is 172 Å². The van der Waals surface area contributed by atoms with Crippen LogP contribution in [-0.4, -0.2) is 59.9 Å². The van der Waals surface area contributed by atoms with E-state index in [0.29, 0.717) is 19.3 Å². The van der Waals surface area contributed by atoms with Gasteiger partial charge >= 0.3 is 25.7 Å². The molecule has 0 aliphatic rings. The zero-order valence-corrected chi connectivity index (χ0v) is 38.9. The van der Waals surface area contributed by atoms with E-state index in [-0.39, 0.29) is 19.4 Å². The summed E-state index contributed by atoms with van der Waals surface area (Å²) in [4.78, 5) is 46.0. The number of aliphatic carboxylic acids is 1. The van der Waals surface area contributed by atoms with Crippen molar-refractivity contribution in [2.75, 3.05) is 19.8 Å². The Bertz CT molecular complexity index is 1160. The summed E-state index contributed by atoms with van der Waals surface area (Å²) < 4.78 is 32.7. The molecule has 0 aliphatic heterocycles. The summed E-state index contributed by atoms with van der Waals surface area (Å²) in [6, 6.07) is -1.53. The molecule has 0 bridgehead atoms. The maximum Gasteiger partial charge on any atom is 0.472 e. The van der Waals surface area contributed by atoms with E-state index in [1.54, 1.807) is 0 Å². The molecule has 0 saturated heterocycles. The predicted octanol–water partition coefficient (Wildman–Crippen LogP) is 13.2. The van der Waals surface area contributed by atoms with E-state index in [1.165, 1.54) is 141 Å². The molecule has 1 unspecified atom stereocenters. The summed E-state index contributed by atoms with van der Waals surface area (Å²) in [6.07, 6.45) is 47.9. The summed E-state index contributed by atoms with van der Waals surface area (Å²) >= 11 is 0. The van der Waals surface area contributed by atoms with E-state index in [1.807, 2.05) is 6.08 Å². The van der Waals surface area contributed by atoms with Gasteiger partial charge in [0.2, 0.25) is 0 Å². The van der Waals surface area contributed by atoms with Crippen LogP contribution in [-0.2, 0) is 37.5 Å². The monoisotopic (exact) mass is 870 g/mol. The third kappa shape index (κ3) is 42.4. The van der Waals surface area contributed by atoms with Crippen molar-refractivity contribution in [3.63, 3.8) is 0 Å². The number of carboxylic acid groups (broad SMARTS) is 1. The van der Waals surface area contributed by atoms with Gasteiger partial charge < -0.3 is 25.2 Å². The summed E-state index contributed by atoms with van der Waals surface area (Å²) in [6.45, 7) is 2.78. The van der Waals surface area contributed by atoms with Gasteiger partial charge in [-0.2, -0.15) is 0 Å². The molecule has 3 atom stereocenters. The van der Waals surface area contributed by atoms with Crippen molar-refractivity contribution < 1.29 is 47.5 Å². The first-order valence-electron chi connectivity index (χ1n) is 24.0. The Balaban J connectivity index is 4.35. The number of phosphoric ester groups is 1. The quantitative estimate of drug-likeness (QED) is 0.0230. The van der Waals surface area contributed by atoms with Crippen molar-refractivity contribution in [3.8, 4) is 0 Å². The number of hydrogen-bond acceptors (Lipinski definition) is 9. The van der Waals surface area contributed by atoms with Crippen molar-refractivity contribution in [2.24, 2.45) is 5.73 Å². The lowest BCUT2D eigenvalue weighted by Gasteiger charge is -2.20. The van der Waals surface area contributed by atoms with Crippen molar-refractivity contribution >= 4 is 25.7 Å². The van der Waals surface area contributed by atoms with Crippen molar-refractivity contribution in [1.29, 1.82) is 0 Å². The summed E-state index contributed by atoms with van der Waals surface area (Å²) in [5.74, 6) is -2.43. The maximum atomic E-state index is 12.7. The molecule has 0 fully saturated rings. The fourth-order valence-electron chi connectivity index (χ4n) is 6.57. The second-order valence-electron chi connectivity index (χ2n) is 16.2. The minimum absolute atomic E-state index is 0.151. The highest BCUT2D eigenvalue weighted by Gasteiger charge is 2.28. The fraction of sp³-hybridized carbons (Fsp3) is 0.812. The zero-order chi connectivity index (χ0) is 44.2. The van der Waals surface area contributed by atoms with Crippen LogP contribution in [0.25, 0.3) is 0 Å². The number of phosphoric acid groups is 1. The largest absolute Gasteiger partial charge is 0.480 e. The van der Waals surface area contributed by atoms with E-state index in [9.17, 15) is 23.8 Å². The van der Waals surface area contributed by atoms with E-state index < -0.39 is 51.1 Å². The number of esters is 2. The Morgan fingerprint density at radius 3 is 1.37 bits per heavy atom. The Morgan fingerprint density at radius 1 is 0.517 bits per heavy atom. The van der Waals surface area contributed by atoms with Crippen molar-refractivity contribution in [1.82, 2.24) is 0 Å². The molecule has 0 heterocycles. The Kier molecular flexibility index (Phi) is 41.7. The van der Waals surface area contributed by atoms with Crippen molar-refractivity contribution in [2.45, 2.75) is 231 Å². The summed E-state index contributed by atoms with van der Waals surface area (Å²) in [5.41, 5.74) is 5.34. The maximum absolute atomic E-state index is 12.7. The van der Waals surface area contributed by atoms with Crippen LogP contribution in [0.3, 0.4) is 0 Å². The highest BCUT2D eigenvalue weighted by Crippen LogP contribution is 2.43. The second kappa shape index (κ2) is 43.4. The Hall–Kier alpha value is -2.30. The molecule has 0 spiro atoms. The molecule has 0 aromatic rings. The molecule has 0 radical (unpaired) electrons. The minimum atomic E-state index is -4.73. The van der Waals surface area contributed by atoms with Crippen LogP contribution in [0.1, 0.15) is 219 Å². The molecule has 4 N–H and O–H groups in total. The molecule has 11 nitrogen and oxygen atoms in total. The van der Waals surface area contributed by atoms with E-state index in [2.05, 4.69) is 48.8 Å². The number of allylic oxidation sites excluding steroid dienone is 6. The lowest BCUT2D eigenvalue weighted by Crippen LogP contribution is -2.34. The van der Waals surface area contributed by atoms with E-state index >= 15 is 0 Å². The molecule has 0 saturated carbocycles. The number of unbranched alkanes of at least 4 members (excludes halogenated alkanes) is 25. The van der Waals surface area contributed by atoms with E-state index in [4.69, 9.17) is 24.8 Å². The molecule has 0 aromatic heterocycles. The Labute approximate surface area is 365 Å². The molecule has 12 heteroatoms. The molecular weight excluding hydrogens is 781 g/mol. The standard InChI is InChI=1S/C48H88NO10P/c1-3-5-7-9-11-13-15-17-19-21-22-24-26-28-30-32-34-36-38-40-47(51)59-44(42-57-60(54,55)58-43-45(49)48(52)53)41-56-46(50)39-37-35-33-31-29-27-25-23-20-18-16-14-12-10-8-6-4-2/h17,19,25,27,31,33,44-45H,3-16,18,20-24,26,28-30,32,34-43,49H2,1-2H3,(H,52,53)(H,54,55)/b19-17+,27-25+,33-31+/t44-,45+/m1/s1. The van der Waals surface area contributed by atoms with Gasteiger partial charge in [-0.25, -0.2) is 4.57 Å². The van der Waals surface area contributed by atoms with Crippen LogP contribution in [0, 0.1) is 0 Å². The van der Waals surface area contributed by atoms with Gasteiger partial charge in [0.15, 0.2) is 6.10 Å². The molecular formula is C48H88NO10P. The average molecular weight is 870 g/mol. The number of carbonyl (C=O) groups is 3. The number of carbonyl (C=O) groups excluding carboxylic acids is 2. The van der Waals surface area contributed by atoms with Crippen LogP contribution in [0.15, 0.2) is 36.5 Å². The lowest BCUT2D eigenvalue weighted by molar-refractivity contribution is -0.161. The van der Waals surface area contributed by atoms with Crippen molar-refractivity contribution in [3.05, 3.63) is 36.5 Å². The molecule has 0 aliphatic carbocycles. The van der Waals surface area contributed by atoms with Crippen LogP contribution in [0.5, 0.6) is 0 Å². The minimum Gasteiger partial charge on any atom is -0.480 e. The van der Waals surface area contributed by atoms with Crippen LogP contribution in [0.4, 0.5) is 0 Å². The average Bonchev–Trinajstić information content (AvgIpc) is 3.22. The van der Waals surface area contributed by atoms with E-state index in [0.717, 1.165) is 32.1 Å². The smallest absolute Gasteiger partial charge is 0.472 e. The molecule has 0 rings (SSSR count). The van der Waals surface area contributed by atoms with Gasteiger partial charge in [0.1, 0.15) is 12.6 Å². The summed E-state index contributed by atoms with van der Waals surface area (Å²) in [5, 5.41) is 8.90. The SMILES string of the molecule is CCCCCCCC/C=C/CCCCCCCCCCCC(=O)O[C@H](COC(=O)CCC/C=C/C/C=C/CCCCCCCCCCC)COP(=O)(O)OC[C@H](N)C(=O)O. The highest BCUT2D eigenvalue weighted by molar-refractivity contribution is 7.47. The van der Waals surface area contributed by atoms with Gasteiger partial charge in [-0.1, -0.05) is 179 Å². The molecule has 0 aromatic carbocycles. The highest BCUT2D eigenvalue weighted by atomic mass is 31.2. The number of rotatable bonds is 45. The first-order chi connectivity index (χ1) is 29.1. The third-order valence-electron chi connectivity index (χ3n) is 10.4. The van der Waals surface area contributed by atoms with Gasteiger partial charge in [0, 0.05) is 12.8 Å². The number of ether oxygens (including phenoxy) is 2. The van der Waals surface area contributed by atoms with Gasteiger partial charge in [0.25, 0.3) is 0 Å². The van der Waals surface area contributed by atoms with Gasteiger partial charge in [0.05, 0.1) is 13.2 Å². The number of carboxylic acids is 1. The first-order valence-corrected chi connectivity index (χ1v) is 25.5. The number of nitrogens with two attached hydrogens (primary N) is 1. The Morgan fingerprint density at radius 2 is 0.900 bits per heavy atom. The normalized spacial score (nSPS) is 13.9. The zero-order valence-electron chi connectivity index (χ0n) is 38.1. The lowest BCUT2D eigenvalue weighted by atomic mass is 10.1. The van der Waals surface area contributed by atoms with Gasteiger partial charge in [-0.15, -0.1) is 0 Å². The number of hydrogen-bond donors (Lipinski definition) is 3. The summed E-state index contributed by atoms with van der Waals surface area (Å²) in [7, 11) is -4.73. The molecule has 60 heavy (non-hydrogen) atoms. The van der Waals surface area contributed by atoms with Gasteiger partial charge in [-0.3, -0.25) is 23.4 Å². The third-order valence-corrected chi connectivity index (χ3v) is 11.3. The second-order valence-corrected chi connectivity index (χ2v) is 17.7. The predicted molar refractivity (Wildman–Crippen MR) is 245 cm³/mol. The van der Waals surface area contributed by atoms with Crippen LogP contribution in [0.2, 0.25) is 0 Å². The molecule has 350 valence electrons.